The standard InChI is InChI=1S/C29H34Br2N4O4/c1-3-16-38-26-14-12-24(30)18-22(26)20-32-34-28(36)10-8-6-5-7-9-11-29(37)35-33-21-23-19-25(31)13-15-27(23)39-17-4-2/h3-4,12-15,18-21H,1-2,5-11,16-17H2,(H,34,36)(H,35,37)/b32-20-,33-21-. The van der Waals surface area contributed by atoms with Gasteiger partial charge in [0, 0.05) is 32.9 Å². The molecular weight excluding hydrogens is 628 g/mol. The Morgan fingerprint density at radius 2 is 1.13 bits per heavy atom. The minimum Gasteiger partial charge on any atom is -0.489 e. The number of rotatable bonds is 18. The second-order valence-corrected chi connectivity index (χ2v) is 10.2. The molecular formula is C29H34Br2N4O4. The molecule has 39 heavy (non-hydrogen) atoms. The van der Waals surface area contributed by atoms with Crippen LogP contribution in [0.5, 0.6) is 11.5 Å². The highest BCUT2D eigenvalue weighted by Gasteiger charge is 2.05. The Bertz CT molecular complexity index is 1080. The van der Waals surface area contributed by atoms with Crippen LogP contribution in [0.15, 0.2) is 80.9 Å². The van der Waals surface area contributed by atoms with Crippen molar-refractivity contribution >= 4 is 56.1 Å². The minimum absolute atomic E-state index is 0.143. The van der Waals surface area contributed by atoms with Gasteiger partial charge in [-0.05, 0) is 49.2 Å². The predicted octanol–water partition coefficient (Wildman–Crippen LogP) is 6.67. The fraction of sp³-hybridized carbons (Fsp3) is 0.310. The second kappa shape index (κ2) is 18.9. The van der Waals surface area contributed by atoms with E-state index in [1.165, 1.54) is 0 Å². The Balaban J connectivity index is 1.59. The van der Waals surface area contributed by atoms with Gasteiger partial charge in [0.05, 0.1) is 12.4 Å². The molecule has 0 saturated carbocycles. The molecule has 2 amide bonds. The van der Waals surface area contributed by atoms with Crippen molar-refractivity contribution in [3.63, 3.8) is 0 Å². The van der Waals surface area contributed by atoms with Crippen LogP contribution in [0.3, 0.4) is 0 Å². The number of ether oxygens (including phenoxy) is 2. The van der Waals surface area contributed by atoms with Crippen molar-refractivity contribution in [1.82, 2.24) is 10.9 Å². The van der Waals surface area contributed by atoms with Gasteiger partial charge >= 0.3 is 0 Å². The Kier molecular flexibility index (Phi) is 15.5. The molecule has 0 radical (unpaired) electrons. The summed E-state index contributed by atoms with van der Waals surface area (Å²) in [5, 5.41) is 8.09. The van der Waals surface area contributed by atoms with Crippen LogP contribution in [0.1, 0.15) is 56.1 Å². The lowest BCUT2D eigenvalue weighted by Crippen LogP contribution is -2.17. The maximum atomic E-state index is 12.1. The molecule has 208 valence electrons. The summed E-state index contributed by atoms with van der Waals surface area (Å²) >= 11 is 6.85. The van der Waals surface area contributed by atoms with Crippen molar-refractivity contribution in [1.29, 1.82) is 0 Å². The number of hydrogen-bond acceptors (Lipinski definition) is 6. The van der Waals surface area contributed by atoms with Gasteiger partial charge < -0.3 is 9.47 Å². The van der Waals surface area contributed by atoms with Crippen molar-refractivity contribution in [2.24, 2.45) is 10.2 Å². The normalized spacial score (nSPS) is 10.9. The lowest BCUT2D eigenvalue weighted by molar-refractivity contribution is -0.121. The monoisotopic (exact) mass is 660 g/mol. The summed E-state index contributed by atoms with van der Waals surface area (Å²) in [5.74, 6) is 1.03. The van der Waals surface area contributed by atoms with Crippen molar-refractivity contribution in [2.75, 3.05) is 13.2 Å². The van der Waals surface area contributed by atoms with Crippen LogP contribution in [0, 0.1) is 0 Å². The van der Waals surface area contributed by atoms with Crippen LogP contribution in [0.2, 0.25) is 0 Å². The molecule has 0 aliphatic heterocycles. The first kappa shape index (κ1) is 32.0. The van der Waals surface area contributed by atoms with Gasteiger partial charge in [-0.2, -0.15) is 10.2 Å². The van der Waals surface area contributed by atoms with E-state index in [-0.39, 0.29) is 11.8 Å². The van der Waals surface area contributed by atoms with Crippen LogP contribution in [0.4, 0.5) is 0 Å². The number of amides is 2. The van der Waals surface area contributed by atoms with E-state index in [2.05, 4.69) is 66.1 Å². The van der Waals surface area contributed by atoms with Crippen LogP contribution in [0.25, 0.3) is 0 Å². The van der Waals surface area contributed by atoms with Crippen molar-refractivity contribution < 1.29 is 19.1 Å². The van der Waals surface area contributed by atoms with E-state index in [0.717, 1.165) is 52.2 Å². The van der Waals surface area contributed by atoms with Gasteiger partial charge in [-0.25, -0.2) is 10.9 Å². The summed E-state index contributed by atoms with van der Waals surface area (Å²) in [6, 6.07) is 11.1. The quantitative estimate of drug-likeness (QED) is 0.0806. The Morgan fingerprint density at radius 3 is 1.54 bits per heavy atom. The SMILES string of the molecule is C=CCOc1ccc(Br)cc1/C=N\NC(=O)CCCCCCCC(=O)N/N=C\c1cc(Br)ccc1OCC=C. The summed E-state index contributed by atoms with van der Waals surface area (Å²) in [6.45, 7) is 8.05. The molecule has 2 aromatic carbocycles. The third-order valence-electron chi connectivity index (χ3n) is 5.25. The first-order chi connectivity index (χ1) is 18.9. The Labute approximate surface area is 246 Å². The molecule has 0 spiro atoms. The number of benzene rings is 2. The number of nitrogens with one attached hydrogen (secondary N) is 2. The van der Waals surface area contributed by atoms with Gasteiger partial charge in [0.25, 0.3) is 0 Å². The summed E-state index contributed by atoms with van der Waals surface area (Å²) in [4.78, 5) is 24.1. The highest BCUT2D eigenvalue weighted by molar-refractivity contribution is 9.10. The highest BCUT2D eigenvalue weighted by atomic mass is 79.9. The zero-order valence-corrected chi connectivity index (χ0v) is 25.0. The summed E-state index contributed by atoms with van der Waals surface area (Å²) in [7, 11) is 0. The van der Waals surface area contributed by atoms with E-state index in [1.54, 1.807) is 24.6 Å². The van der Waals surface area contributed by atoms with E-state index in [9.17, 15) is 9.59 Å². The number of halogens is 2. The zero-order chi connectivity index (χ0) is 28.3. The average molecular weight is 662 g/mol. The molecule has 0 unspecified atom stereocenters. The number of unbranched alkanes of at least 4 members (excludes halogenated alkanes) is 4. The van der Waals surface area contributed by atoms with E-state index in [4.69, 9.17) is 9.47 Å². The molecule has 0 heterocycles. The number of hydrogen-bond donors (Lipinski definition) is 2. The second-order valence-electron chi connectivity index (χ2n) is 8.42. The summed E-state index contributed by atoms with van der Waals surface area (Å²) < 4.78 is 13.0. The number of nitrogens with zero attached hydrogens (tertiary/aromatic N) is 2. The maximum Gasteiger partial charge on any atom is 0.240 e. The fourth-order valence-electron chi connectivity index (χ4n) is 3.36. The summed E-state index contributed by atoms with van der Waals surface area (Å²) in [5.41, 5.74) is 6.61. The summed E-state index contributed by atoms with van der Waals surface area (Å²) in [6.07, 6.45) is 11.5. The minimum atomic E-state index is -0.143. The van der Waals surface area contributed by atoms with Gasteiger partial charge in [0.1, 0.15) is 24.7 Å². The third-order valence-corrected chi connectivity index (χ3v) is 6.24. The fourth-order valence-corrected chi connectivity index (χ4v) is 4.12. The van der Waals surface area contributed by atoms with E-state index in [1.807, 2.05) is 36.4 Å². The van der Waals surface area contributed by atoms with Gasteiger partial charge in [0.2, 0.25) is 11.8 Å². The van der Waals surface area contributed by atoms with Gasteiger partial charge in [-0.15, -0.1) is 0 Å². The van der Waals surface area contributed by atoms with Crippen molar-refractivity contribution in [3.05, 3.63) is 81.8 Å². The van der Waals surface area contributed by atoms with Gasteiger partial charge in [0.15, 0.2) is 0 Å². The highest BCUT2D eigenvalue weighted by Crippen LogP contribution is 2.23. The molecule has 0 aliphatic rings. The van der Waals surface area contributed by atoms with Crippen molar-refractivity contribution in [2.45, 2.75) is 44.9 Å². The molecule has 0 saturated heterocycles. The van der Waals surface area contributed by atoms with Crippen LogP contribution in [-0.4, -0.2) is 37.5 Å². The zero-order valence-electron chi connectivity index (χ0n) is 21.8. The Hall–Kier alpha value is -3.24. The lowest BCUT2D eigenvalue weighted by atomic mass is 10.1. The van der Waals surface area contributed by atoms with Crippen molar-refractivity contribution in [3.8, 4) is 11.5 Å². The molecule has 0 aromatic heterocycles. The number of carbonyl (C=O) groups excluding carboxylic acids is 2. The average Bonchev–Trinajstić information content (AvgIpc) is 2.91. The lowest BCUT2D eigenvalue weighted by Gasteiger charge is -2.07. The molecule has 0 aliphatic carbocycles. The molecule has 8 nitrogen and oxygen atoms in total. The van der Waals surface area contributed by atoms with Crippen LogP contribution in [-0.2, 0) is 9.59 Å². The molecule has 0 bridgehead atoms. The molecule has 10 heteroatoms. The topological polar surface area (TPSA) is 101 Å². The first-order valence-electron chi connectivity index (χ1n) is 12.6. The number of hydrazone groups is 2. The van der Waals surface area contributed by atoms with E-state index in [0.29, 0.717) is 37.6 Å². The third kappa shape index (κ3) is 13.4. The number of carbonyl (C=O) groups is 2. The van der Waals surface area contributed by atoms with Gasteiger partial charge in [-0.3, -0.25) is 9.59 Å². The molecule has 0 atom stereocenters. The van der Waals surface area contributed by atoms with Crippen LogP contribution < -0.4 is 20.3 Å². The van der Waals surface area contributed by atoms with E-state index >= 15 is 0 Å². The molecule has 2 rings (SSSR count). The molecule has 2 aromatic rings. The van der Waals surface area contributed by atoms with Crippen LogP contribution >= 0.6 is 31.9 Å². The smallest absolute Gasteiger partial charge is 0.240 e. The van der Waals surface area contributed by atoms with Gasteiger partial charge in [-0.1, -0.05) is 76.4 Å². The molecule has 0 fully saturated rings. The first-order valence-corrected chi connectivity index (χ1v) is 14.2. The Morgan fingerprint density at radius 1 is 0.718 bits per heavy atom. The largest absolute Gasteiger partial charge is 0.489 e. The predicted molar refractivity (Wildman–Crippen MR) is 163 cm³/mol. The van der Waals surface area contributed by atoms with E-state index < -0.39 is 0 Å². The molecule has 2 N–H and O–H groups in total. The maximum absolute atomic E-state index is 12.1.